The van der Waals surface area contributed by atoms with E-state index in [9.17, 15) is 9.59 Å². The fourth-order valence-corrected chi connectivity index (χ4v) is 4.97. The standard InChI is InChI=1S/C20H22Cl2N4O3S/c21-14-8-13(9-15(22)10-14)19(28)26-3-1-2-17(26)18(27)24-20-23-16(12-30-20)11-25-4-6-29-7-5-25/h8-10,12,17H,1-7,11H2,(H,23,24,27). The summed E-state index contributed by atoms with van der Waals surface area (Å²) in [7, 11) is 0. The number of carbonyl (C=O) groups excluding carboxylic acids is 2. The van der Waals surface area contributed by atoms with E-state index < -0.39 is 6.04 Å². The minimum Gasteiger partial charge on any atom is -0.379 e. The summed E-state index contributed by atoms with van der Waals surface area (Å²) in [5.74, 6) is -0.467. The Hall–Kier alpha value is -1.71. The number of morpholine rings is 1. The molecule has 1 atom stereocenters. The van der Waals surface area contributed by atoms with Gasteiger partial charge in [0.1, 0.15) is 6.04 Å². The third-order valence-corrected chi connectivity index (χ3v) is 6.44. The predicted molar refractivity (Wildman–Crippen MR) is 117 cm³/mol. The molecule has 2 aromatic rings. The molecule has 2 aliphatic heterocycles. The van der Waals surface area contributed by atoms with Crippen LogP contribution < -0.4 is 5.32 Å². The summed E-state index contributed by atoms with van der Waals surface area (Å²) in [5.41, 5.74) is 1.30. The van der Waals surface area contributed by atoms with Crippen LogP contribution in [0.1, 0.15) is 28.9 Å². The maximum Gasteiger partial charge on any atom is 0.254 e. The highest BCUT2D eigenvalue weighted by atomic mass is 35.5. The van der Waals surface area contributed by atoms with E-state index in [0.29, 0.717) is 33.7 Å². The third-order valence-electron chi connectivity index (χ3n) is 5.20. The van der Waals surface area contributed by atoms with Crippen LogP contribution in [-0.4, -0.2) is 65.5 Å². The topological polar surface area (TPSA) is 74.8 Å². The van der Waals surface area contributed by atoms with Crippen LogP contribution in [0.2, 0.25) is 10.0 Å². The predicted octanol–water partition coefficient (Wildman–Crippen LogP) is 3.53. The van der Waals surface area contributed by atoms with E-state index in [1.807, 2.05) is 5.38 Å². The van der Waals surface area contributed by atoms with Gasteiger partial charge in [-0.2, -0.15) is 0 Å². The zero-order valence-corrected chi connectivity index (χ0v) is 18.6. The van der Waals surface area contributed by atoms with E-state index in [2.05, 4.69) is 15.2 Å². The van der Waals surface area contributed by atoms with Crippen LogP contribution in [0.5, 0.6) is 0 Å². The van der Waals surface area contributed by atoms with Crippen molar-refractivity contribution in [2.75, 3.05) is 38.2 Å². The number of anilines is 1. The molecule has 10 heteroatoms. The fourth-order valence-electron chi connectivity index (χ4n) is 3.74. The highest BCUT2D eigenvalue weighted by Gasteiger charge is 2.35. The fraction of sp³-hybridized carbons (Fsp3) is 0.450. The molecule has 0 spiro atoms. The minimum atomic E-state index is -0.540. The summed E-state index contributed by atoms with van der Waals surface area (Å²) in [4.78, 5) is 34.2. The van der Waals surface area contributed by atoms with Gasteiger partial charge in [0.25, 0.3) is 5.91 Å². The maximum atomic E-state index is 12.9. The van der Waals surface area contributed by atoms with E-state index in [1.54, 1.807) is 23.1 Å². The van der Waals surface area contributed by atoms with Gasteiger partial charge in [-0.3, -0.25) is 14.5 Å². The van der Waals surface area contributed by atoms with Crippen molar-refractivity contribution in [2.45, 2.75) is 25.4 Å². The van der Waals surface area contributed by atoms with Crippen LogP contribution in [-0.2, 0) is 16.1 Å². The SMILES string of the molecule is O=C(Nc1nc(CN2CCOCC2)cs1)C1CCCN1C(=O)c1cc(Cl)cc(Cl)c1. The summed E-state index contributed by atoms with van der Waals surface area (Å²) in [6, 6.07) is 4.18. The quantitative estimate of drug-likeness (QED) is 0.726. The number of halogens is 2. The average Bonchev–Trinajstić information content (AvgIpc) is 3.37. The first-order chi connectivity index (χ1) is 14.5. The van der Waals surface area contributed by atoms with Crippen molar-refractivity contribution in [1.29, 1.82) is 0 Å². The van der Waals surface area contributed by atoms with Crippen LogP contribution in [0.25, 0.3) is 0 Å². The van der Waals surface area contributed by atoms with E-state index in [-0.39, 0.29) is 11.8 Å². The smallest absolute Gasteiger partial charge is 0.254 e. The second-order valence-corrected chi connectivity index (χ2v) is 9.07. The Labute approximate surface area is 188 Å². The number of aromatic nitrogens is 1. The zero-order chi connectivity index (χ0) is 21.1. The summed E-state index contributed by atoms with van der Waals surface area (Å²) in [6.07, 6.45) is 1.37. The second kappa shape index (κ2) is 9.62. The monoisotopic (exact) mass is 468 g/mol. The van der Waals surface area contributed by atoms with Crippen LogP contribution in [0, 0.1) is 0 Å². The first-order valence-corrected chi connectivity index (χ1v) is 11.5. The lowest BCUT2D eigenvalue weighted by Gasteiger charge is -2.25. The van der Waals surface area contributed by atoms with Gasteiger partial charge in [-0.25, -0.2) is 4.98 Å². The molecule has 1 aromatic heterocycles. The molecule has 30 heavy (non-hydrogen) atoms. The van der Waals surface area contributed by atoms with Gasteiger partial charge in [0.15, 0.2) is 5.13 Å². The summed E-state index contributed by atoms with van der Waals surface area (Å²) in [6.45, 7) is 4.48. The number of amides is 2. The Kier molecular flexibility index (Phi) is 6.90. The van der Waals surface area contributed by atoms with E-state index in [0.717, 1.165) is 45.0 Å². The number of nitrogens with zero attached hydrogens (tertiary/aromatic N) is 3. The number of benzene rings is 1. The number of nitrogens with one attached hydrogen (secondary N) is 1. The Morgan fingerprint density at radius 2 is 1.90 bits per heavy atom. The Morgan fingerprint density at radius 1 is 1.17 bits per heavy atom. The number of hydrogen-bond acceptors (Lipinski definition) is 6. The van der Waals surface area contributed by atoms with Crippen molar-refractivity contribution in [3.05, 3.63) is 44.9 Å². The molecule has 1 unspecified atom stereocenters. The van der Waals surface area contributed by atoms with Crippen molar-refractivity contribution in [3.8, 4) is 0 Å². The van der Waals surface area contributed by atoms with Crippen molar-refractivity contribution >= 4 is 51.5 Å². The Bertz CT molecular complexity index is 912. The number of rotatable bonds is 5. The molecule has 0 bridgehead atoms. The molecule has 0 saturated carbocycles. The van der Waals surface area contributed by atoms with E-state index in [4.69, 9.17) is 27.9 Å². The molecule has 0 aliphatic carbocycles. The Balaban J connectivity index is 1.39. The van der Waals surface area contributed by atoms with E-state index in [1.165, 1.54) is 11.3 Å². The summed E-state index contributed by atoms with van der Waals surface area (Å²) < 4.78 is 5.36. The number of ether oxygens (including phenoxy) is 1. The van der Waals surface area contributed by atoms with Crippen LogP contribution in [0.3, 0.4) is 0 Å². The number of carbonyl (C=O) groups is 2. The number of likely N-dealkylation sites (tertiary alicyclic amines) is 1. The lowest BCUT2D eigenvalue weighted by atomic mass is 10.1. The lowest BCUT2D eigenvalue weighted by molar-refractivity contribution is -0.119. The first-order valence-electron chi connectivity index (χ1n) is 9.82. The molecule has 0 radical (unpaired) electrons. The maximum absolute atomic E-state index is 12.9. The molecule has 1 N–H and O–H groups in total. The minimum absolute atomic E-state index is 0.221. The average molecular weight is 469 g/mol. The van der Waals surface area contributed by atoms with Gasteiger partial charge < -0.3 is 15.0 Å². The molecular weight excluding hydrogens is 447 g/mol. The lowest BCUT2D eigenvalue weighted by Crippen LogP contribution is -2.43. The molecule has 2 fully saturated rings. The van der Waals surface area contributed by atoms with Gasteiger partial charge in [-0.1, -0.05) is 23.2 Å². The molecule has 160 valence electrons. The van der Waals surface area contributed by atoms with Gasteiger partial charge in [0.05, 0.1) is 18.9 Å². The van der Waals surface area contributed by atoms with Crippen LogP contribution in [0.4, 0.5) is 5.13 Å². The molecule has 2 amide bonds. The van der Waals surface area contributed by atoms with Gasteiger partial charge in [0.2, 0.25) is 5.91 Å². The highest BCUT2D eigenvalue weighted by molar-refractivity contribution is 7.13. The van der Waals surface area contributed by atoms with Crippen LogP contribution in [0.15, 0.2) is 23.6 Å². The van der Waals surface area contributed by atoms with Crippen molar-refractivity contribution in [1.82, 2.24) is 14.8 Å². The largest absolute Gasteiger partial charge is 0.379 e. The summed E-state index contributed by atoms with van der Waals surface area (Å²) >= 11 is 13.5. The molecule has 2 aliphatic rings. The van der Waals surface area contributed by atoms with Gasteiger partial charge >= 0.3 is 0 Å². The molecular formula is C20H22Cl2N4O3S. The molecule has 3 heterocycles. The second-order valence-electron chi connectivity index (χ2n) is 7.34. The first kappa shape index (κ1) is 21.5. The Morgan fingerprint density at radius 3 is 2.63 bits per heavy atom. The molecule has 7 nitrogen and oxygen atoms in total. The van der Waals surface area contributed by atoms with Crippen molar-refractivity contribution < 1.29 is 14.3 Å². The molecule has 2 saturated heterocycles. The van der Waals surface area contributed by atoms with Crippen molar-refractivity contribution in [2.24, 2.45) is 0 Å². The van der Waals surface area contributed by atoms with Gasteiger partial charge in [0, 0.05) is 47.2 Å². The molecule has 1 aromatic carbocycles. The number of hydrogen-bond donors (Lipinski definition) is 1. The van der Waals surface area contributed by atoms with E-state index >= 15 is 0 Å². The van der Waals surface area contributed by atoms with Crippen molar-refractivity contribution in [3.63, 3.8) is 0 Å². The zero-order valence-electron chi connectivity index (χ0n) is 16.3. The summed E-state index contributed by atoms with van der Waals surface area (Å²) in [5, 5.41) is 6.17. The van der Waals surface area contributed by atoms with Crippen LogP contribution >= 0.6 is 34.5 Å². The third kappa shape index (κ3) is 5.12. The molecule has 4 rings (SSSR count). The normalized spacial score (nSPS) is 19.8. The number of thiazole rings is 1. The highest BCUT2D eigenvalue weighted by Crippen LogP contribution is 2.26. The van der Waals surface area contributed by atoms with Gasteiger partial charge in [-0.15, -0.1) is 11.3 Å². The van der Waals surface area contributed by atoms with Gasteiger partial charge in [-0.05, 0) is 31.0 Å².